The molecular weight excluding hydrogens is 373 g/mol. The fourth-order valence-electron chi connectivity index (χ4n) is 2.62. The van der Waals surface area contributed by atoms with Crippen molar-refractivity contribution in [3.05, 3.63) is 34.6 Å². The van der Waals surface area contributed by atoms with Gasteiger partial charge in [0.2, 0.25) is 0 Å². The Bertz CT molecular complexity index is 906. The van der Waals surface area contributed by atoms with Gasteiger partial charge in [-0.1, -0.05) is 29.7 Å². The number of carbonyl (C=O) groups excluding carboxylic acids is 1. The fourth-order valence-corrected chi connectivity index (χ4v) is 4.24. The van der Waals surface area contributed by atoms with Crippen LogP contribution >= 0.6 is 22.9 Å². The van der Waals surface area contributed by atoms with Gasteiger partial charge in [0, 0.05) is 13.1 Å². The molecule has 0 radical (unpaired) electrons. The van der Waals surface area contributed by atoms with E-state index in [-0.39, 0.29) is 11.7 Å². The Morgan fingerprint density at radius 2 is 2.00 bits per heavy atom. The summed E-state index contributed by atoms with van der Waals surface area (Å²) >= 11 is 2.40. The smallest absolute Gasteiger partial charge is 0.273 e. The minimum Gasteiger partial charge on any atom is -0.302 e. The maximum atomic E-state index is 13.5. The molecule has 0 aliphatic heterocycles. The minimum absolute atomic E-state index is 0.163. The molecule has 3 rings (SSSR count). The van der Waals surface area contributed by atoms with Crippen molar-refractivity contribution in [2.24, 2.45) is 0 Å². The van der Waals surface area contributed by atoms with Crippen LogP contribution in [0.25, 0.3) is 10.2 Å². The lowest BCUT2D eigenvalue weighted by Crippen LogP contribution is -2.38. The second kappa shape index (κ2) is 8.15. The van der Waals surface area contributed by atoms with Gasteiger partial charge in [-0.3, -0.25) is 9.69 Å². The number of fused-ring (bicyclic) bond motifs is 1. The number of carbonyl (C=O) groups is 1. The number of aromatic nitrogens is 3. The highest BCUT2D eigenvalue weighted by atomic mass is 32.1. The van der Waals surface area contributed by atoms with Crippen LogP contribution in [0.1, 0.15) is 29.2 Å². The molecule has 3 aromatic rings. The molecule has 0 bridgehead atoms. The summed E-state index contributed by atoms with van der Waals surface area (Å²) in [6.45, 7) is 9.00. The second-order valence-electron chi connectivity index (χ2n) is 5.78. The molecule has 0 saturated heterocycles. The third-order valence-electron chi connectivity index (χ3n) is 4.20. The molecule has 1 aromatic carbocycles. The van der Waals surface area contributed by atoms with Crippen LogP contribution in [-0.4, -0.2) is 51.6 Å². The Morgan fingerprint density at radius 3 is 2.65 bits per heavy atom. The lowest BCUT2D eigenvalue weighted by atomic mass is 10.3. The Hall–Kier alpha value is -1.97. The normalized spacial score (nSPS) is 11.4. The zero-order chi connectivity index (χ0) is 18.7. The van der Waals surface area contributed by atoms with Crippen LogP contribution in [0.2, 0.25) is 0 Å². The van der Waals surface area contributed by atoms with Gasteiger partial charge in [0.25, 0.3) is 5.91 Å². The lowest BCUT2D eigenvalue weighted by Gasteiger charge is -2.24. The highest BCUT2D eigenvalue weighted by Crippen LogP contribution is 2.30. The first-order valence-electron chi connectivity index (χ1n) is 8.42. The van der Waals surface area contributed by atoms with Crippen molar-refractivity contribution in [2.75, 3.05) is 31.1 Å². The molecule has 0 N–H and O–H groups in total. The third-order valence-corrected chi connectivity index (χ3v) is 6.05. The fraction of sp³-hybridized carbons (Fsp3) is 0.412. The summed E-state index contributed by atoms with van der Waals surface area (Å²) < 4.78 is 18.1. The minimum atomic E-state index is -0.309. The quantitative estimate of drug-likeness (QED) is 0.614. The summed E-state index contributed by atoms with van der Waals surface area (Å²) in [6.07, 6.45) is 0. The predicted molar refractivity (Wildman–Crippen MR) is 104 cm³/mol. The van der Waals surface area contributed by atoms with E-state index in [0.29, 0.717) is 27.8 Å². The van der Waals surface area contributed by atoms with Crippen molar-refractivity contribution in [3.63, 3.8) is 0 Å². The van der Waals surface area contributed by atoms with E-state index < -0.39 is 0 Å². The number of hydrogen-bond acceptors (Lipinski definition) is 7. The van der Waals surface area contributed by atoms with Crippen LogP contribution in [0, 0.1) is 12.7 Å². The first-order valence-corrected chi connectivity index (χ1v) is 10.0. The van der Waals surface area contributed by atoms with Crippen LogP contribution < -0.4 is 4.90 Å². The molecule has 0 unspecified atom stereocenters. The summed E-state index contributed by atoms with van der Waals surface area (Å²) in [5.74, 6) is -0.472. The van der Waals surface area contributed by atoms with Gasteiger partial charge in [0.15, 0.2) is 5.13 Å². The van der Waals surface area contributed by atoms with E-state index in [9.17, 15) is 9.18 Å². The van der Waals surface area contributed by atoms with E-state index in [1.54, 1.807) is 17.9 Å². The van der Waals surface area contributed by atoms with Gasteiger partial charge >= 0.3 is 0 Å². The molecule has 138 valence electrons. The molecule has 9 heteroatoms. The number of rotatable bonds is 7. The van der Waals surface area contributed by atoms with Crippen LogP contribution in [0.5, 0.6) is 0 Å². The Morgan fingerprint density at radius 1 is 1.23 bits per heavy atom. The second-order valence-corrected chi connectivity index (χ2v) is 7.54. The van der Waals surface area contributed by atoms with E-state index in [1.165, 1.54) is 23.5 Å². The highest BCUT2D eigenvalue weighted by molar-refractivity contribution is 7.22. The molecular formula is C17H20FN5OS2. The number of halogens is 1. The van der Waals surface area contributed by atoms with Gasteiger partial charge < -0.3 is 4.90 Å². The highest BCUT2D eigenvalue weighted by Gasteiger charge is 2.25. The summed E-state index contributed by atoms with van der Waals surface area (Å²) in [6, 6.07) is 4.46. The number of aryl methyl sites for hydroxylation is 1. The van der Waals surface area contributed by atoms with Gasteiger partial charge in [-0.15, -0.1) is 5.10 Å². The van der Waals surface area contributed by atoms with Gasteiger partial charge in [0.1, 0.15) is 10.7 Å². The monoisotopic (exact) mass is 393 g/mol. The van der Waals surface area contributed by atoms with Crippen molar-refractivity contribution in [3.8, 4) is 0 Å². The molecule has 6 nitrogen and oxygen atoms in total. The zero-order valence-electron chi connectivity index (χ0n) is 14.9. The summed E-state index contributed by atoms with van der Waals surface area (Å²) in [5, 5.41) is 4.51. The SMILES string of the molecule is CCN(CC)CCN(C(=O)c1snnc1C)c1nc2ccc(F)cc2s1. The number of likely N-dealkylation sites (N-methyl/N-ethyl adjacent to an activating group) is 1. The molecule has 26 heavy (non-hydrogen) atoms. The van der Waals surface area contributed by atoms with Crippen molar-refractivity contribution < 1.29 is 9.18 Å². The lowest BCUT2D eigenvalue weighted by molar-refractivity contribution is 0.0987. The van der Waals surface area contributed by atoms with Crippen LogP contribution in [0.15, 0.2) is 18.2 Å². The number of nitrogens with zero attached hydrogens (tertiary/aromatic N) is 5. The topological polar surface area (TPSA) is 62.2 Å². The number of thiazole rings is 1. The molecule has 2 heterocycles. The Balaban J connectivity index is 1.95. The van der Waals surface area contributed by atoms with E-state index in [4.69, 9.17) is 0 Å². The van der Waals surface area contributed by atoms with E-state index in [0.717, 1.165) is 35.9 Å². The van der Waals surface area contributed by atoms with Crippen LogP contribution in [0.4, 0.5) is 9.52 Å². The van der Waals surface area contributed by atoms with Crippen molar-refractivity contribution in [2.45, 2.75) is 20.8 Å². The number of anilines is 1. The first-order chi connectivity index (χ1) is 12.5. The average molecular weight is 394 g/mol. The largest absolute Gasteiger partial charge is 0.302 e. The van der Waals surface area contributed by atoms with Gasteiger partial charge in [-0.05, 0) is 49.7 Å². The van der Waals surface area contributed by atoms with Crippen molar-refractivity contribution >= 4 is 44.1 Å². The standard InChI is InChI=1S/C17H20FN5OS2/c1-4-22(5-2)8-9-23(16(24)15-11(3)20-21-26-15)17-19-13-7-6-12(18)10-14(13)25-17/h6-7,10H,4-5,8-9H2,1-3H3. The molecule has 0 saturated carbocycles. The van der Waals surface area contributed by atoms with Gasteiger partial charge in [-0.2, -0.15) is 0 Å². The van der Waals surface area contributed by atoms with Crippen molar-refractivity contribution in [1.82, 2.24) is 19.5 Å². The van der Waals surface area contributed by atoms with Gasteiger partial charge in [0.05, 0.1) is 15.9 Å². The Labute approximate surface area is 159 Å². The molecule has 0 aliphatic carbocycles. The zero-order valence-corrected chi connectivity index (χ0v) is 16.5. The first kappa shape index (κ1) is 18.8. The predicted octanol–water partition coefficient (Wildman–Crippen LogP) is 3.58. The van der Waals surface area contributed by atoms with Crippen LogP contribution in [-0.2, 0) is 0 Å². The maximum absolute atomic E-state index is 13.5. The van der Waals surface area contributed by atoms with Crippen LogP contribution in [0.3, 0.4) is 0 Å². The molecule has 0 spiro atoms. The molecule has 0 fully saturated rings. The average Bonchev–Trinajstić information content (AvgIpc) is 3.23. The molecule has 2 aromatic heterocycles. The van der Waals surface area contributed by atoms with E-state index in [1.807, 2.05) is 0 Å². The molecule has 1 amide bonds. The van der Waals surface area contributed by atoms with E-state index in [2.05, 4.69) is 33.3 Å². The molecule has 0 atom stereocenters. The number of benzene rings is 1. The molecule has 0 aliphatic rings. The number of hydrogen-bond donors (Lipinski definition) is 0. The summed E-state index contributed by atoms with van der Waals surface area (Å²) in [7, 11) is 0. The Kier molecular flexibility index (Phi) is 5.90. The third kappa shape index (κ3) is 3.89. The number of amides is 1. The summed E-state index contributed by atoms with van der Waals surface area (Å²) in [4.78, 5) is 22.0. The van der Waals surface area contributed by atoms with Gasteiger partial charge in [-0.25, -0.2) is 9.37 Å². The summed E-state index contributed by atoms with van der Waals surface area (Å²) in [5.41, 5.74) is 1.30. The van der Waals surface area contributed by atoms with E-state index >= 15 is 0 Å². The van der Waals surface area contributed by atoms with Crippen molar-refractivity contribution in [1.29, 1.82) is 0 Å². The maximum Gasteiger partial charge on any atom is 0.273 e.